The van der Waals surface area contributed by atoms with Gasteiger partial charge in [0.2, 0.25) is 6.79 Å². The van der Waals surface area contributed by atoms with Gasteiger partial charge >= 0.3 is 5.97 Å². The first-order valence-electron chi connectivity index (χ1n) is 14.3. The van der Waals surface area contributed by atoms with Gasteiger partial charge in [-0.1, -0.05) is 18.7 Å². The lowest BCUT2D eigenvalue weighted by molar-refractivity contribution is -0.175. The first-order chi connectivity index (χ1) is 19.0. The number of ether oxygens (including phenoxy) is 4. The van der Waals surface area contributed by atoms with Gasteiger partial charge < -0.3 is 29.2 Å². The molecule has 2 N–H and O–H groups in total. The number of benzene rings is 1. The van der Waals surface area contributed by atoms with Gasteiger partial charge in [0, 0.05) is 6.54 Å². The summed E-state index contributed by atoms with van der Waals surface area (Å²) in [4.78, 5) is 29.0. The van der Waals surface area contributed by atoms with E-state index in [1.165, 1.54) is 0 Å². The standard InChI is InChI=1S/C30H41NO8S/c1-5-40-24(32)17-30(35,11-6-9-28(2,3)34)27(33)39-26-23(36-4)16-29-10-7-12-31(29)13-8-19-14-21-22(38-18-37-21)15-20(19)25(26)29/h14-16,25-26,34-35H,5-13,17-18H2,1-4H3/t25-,26?,29-,30-/m1/s1. The molecule has 1 fully saturated rings. The van der Waals surface area contributed by atoms with Gasteiger partial charge in [0.25, 0.3) is 0 Å². The van der Waals surface area contributed by atoms with Crippen molar-refractivity contribution in [3.05, 3.63) is 35.1 Å². The number of aliphatic hydroxyl groups is 2. The maximum Gasteiger partial charge on any atom is 0.339 e. The second kappa shape index (κ2) is 11.2. The highest BCUT2D eigenvalue weighted by molar-refractivity contribution is 8.13. The van der Waals surface area contributed by atoms with Crippen molar-refractivity contribution in [3.8, 4) is 11.5 Å². The van der Waals surface area contributed by atoms with Crippen LogP contribution in [0.4, 0.5) is 0 Å². The zero-order valence-electron chi connectivity index (χ0n) is 23.9. The minimum absolute atomic E-state index is 0.00178. The van der Waals surface area contributed by atoms with Gasteiger partial charge in [-0.2, -0.15) is 0 Å². The van der Waals surface area contributed by atoms with E-state index in [9.17, 15) is 19.8 Å². The Morgan fingerprint density at radius 1 is 1.18 bits per heavy atom. The SMILES string of the molecule is CCSC(=O)C[C@](O)(CCCC(C)(C)O)C(=O)OC1C(OC)=C[C@@]23CCCN2CCc2cc4c(cc2[C@H]13)OCO4. The Morgan fingerprint density at radius 2 is 1.93 bits per heavy atom. The molecule has 1 aromatic rings. The fraction of sp³-hybridized carbons (Fsp3) is 0.667. The van der Waals surface area contributed by atoms with Crippen LogP contribution < -0.4 is 9.47 Å². The Hall–Kier alpha value is -2.27. The number of carbonyl (C=O) groups is 2. The topological polar surface area (TPSA) is 115 Å². The molecule has 3 heterocycles. The summed E-state index contributed by atoms with van der Waals surface area (Å²) in [6.07, 6.45) is 4.40. The van der Waals surface area contributed by atoms with E-state index in [0.29, 0.717) is 30.1 Å². The summed E-state index contributed by atoms with van der Waals surface area (Å²) in [5.74, 6) is 1.36. The fourth-order valence-electron chi connectivity index (χ4n) is 6.85. The predicted molar refractivity (Wildman–Crippen MR) is 150 cm³/mol. The molecule has 0 radical (unpaired) electrons. The number of carbonyl (C=O) groups excluding carboxylic acids is 2. The van der Waals surface area contributed by atoms with Gasteiger partial charge in [0.05, 0.1) is 30.6 Å². The molecule has 0 aromatic heterocycles. The van der Waals surface area contributed by atoms with E-state index in [1.54, 1.807) is 21.0 Å². The minimum atomic E-state index is -2.02. The highest BCUT2D eigenvalue weighted by Gasteiger charge is 2.59. The third kappa shape index (κ3) is 5.47. The van der Waals surface area contributed by atoms with Crippen LogP contribution in [0, 0.1) is 0 Å². The number of hydrogen-bond acceptors (Lipinski definition) is 10. The molecule has 0 bridgehead atoms. The van der Waals surface area contributed by atoms with Crippen LogP contribution >= 0.6 is 11.8 Å². The lowest BCUT2D eigenvalue weighted by Crippen LogP contribution is -2.49. The monoisotopic (exact) mass is 575 g/mol. The molecule has 0 saturated carbocycles. The zero-order valence-corrected chi connectivity index (χ0v) is 24.7. The third-order valence-corrected chi connectivity index (χ3v) is 9.45. The average Bonchev–Trinajstić information content (AvgIpc) is 3.57. The van der Waals surface area contributed by atoms with Gasteiger partial charge in [-0.3, -0.25) is 9.69 Å². The highest BCUT2D eigenvalue weighted by Crippen LogP contribution is 2.55. The molecule has 0 amide bonds. The zero-order chi connectivity index (χ0) is 28.7. The summed E-state index contributed by atoms with van der Waals surface area (Å²) >= 11 is 1.07. The van der Waals surface area contributed by atoms with Gasteiger partial charge in [-0.15, -0.1) is 0 Å². The highest BCUT2D eigenvalue weighted by atomic mass is 32.2. The smallest absolute Gasteiger partial charge is 0.339 e. The number of nitrogens with zero attached hydrogens (tertiary/aromatic N) is 1. The van der Waals surface area contributed by atoms with Crippen LogP contribution in [0.3, 0.4) is 0 Å². The molecule has 40 heavy (non-hydrogen) atoms. The van der Waals surface area contributed by atoms with Gasteiger partial charge in [0.15, 0.2) is 28.3 Å². The summed E-state index contributed by atoms with van der Waals surface area (Å²) in [5, 5.41) is 21.6. The van der Waals surface area contributed by atoms with Gasteiger partial charge in [-0.25, -0.2) is 4.79 Å². The minimum Gasteiger partial charge on any atom is -0.497 e. The number of thioether (sulfide) groups is 1. The van der Waals surface area contributed by atoms with Crippen molar-refractivity contribution in [2.24, 2.45) is 0 Å². The van der Waals surface area contributed by atoms with Crippen LogP contribution in [0.1, 0.15) is 76.3 Å². The van der Waals surface area contributed by atoms with Crippen molar-refractivity contribution in [2.75, 3.05) is 32.7 Å². The first-order valence-corrected chi connectivity index (χ1v) is 15.2. The molecule has 1 spiro atoms. The number of hydrogen-bond donors (Lipinski definition) is 2. The van der Waals surface area contributed by atoms with Crippen LogP contribution in [0.2, 0.25) is 0 Å². The van der Waals surface area contributed by atoms with Crippen molar-refractivity contribution in [1.82, 2.24) is 4.90 Å². The summed E-state index contributed by atoms with van der Waals surface area (Å²) in [5.41, 5.74) is -1.24. The summed E-state index contributed by atoms with van der Waals surface area (Å²) < 4.78 is 23.5. The molecule has 1 aromatic carbocycles. The second-order valence-corrected chi connectivity index (χ2v) is 13.3. The molecular formula is C30H41NO8S. The fourth-order valence-corrected chi connectivity index (χ4v) is 7.51. The molecule has 1 aliphatic carbocycles. The largest absolute Gasteiger partial charge is 0.497 e. The second-order valence-electron chi connectivity index (χ2n) is 12.0. The van der Waals surface area contributed by atoms with Crippen molar-refractivity contribution in [2.45, 2.75) is 94.5 Å². The Morgan fingerprint density at radius 3 is 2.62 bits per heavy atom. The Labute approximate surface area is 240 Å². The van der Waals surface area contributed by atoms with E-state index in [2.05, 4.69) is 11.0 Å². The third-order valence-electron chi connectivity index (χ3n) is 8.70. The lowest BCUT2D eigenvalue weighted by atomic mass is 9.77. The molecule has 220 valence electrons. The first kappa shape index (κ1) is 29.2. The van der Waals surface area contributed by atoms with Gasteiger partial charge in [0.1, 0.15) is 5.76 Å². The van der Waals surface area contributed by atoms with Crippen LogP contribution in [0.15, 0.2) is 24.0 Å². The van der Waals surface area contributed by atoms with Gasteiger partial charge in [-0.05, 0) is 94.0 Å². The van der Waals surface area contributed by atoms with Crippen LogP contribution in [-0.4, -0.2) is 81.8 Å². The van der Waals surface area contributed by atoms with E-state index < -0.39 is 28.8 Å². The number of esters is 1. The molecule has 1 saturated heterocycles. The summed E-state index contributed by atoms with van der Waals surface area (Å²) in [6.45, 7) is 7.15. The maximum absolute atomic E-state index is 13.9. The average molecular weight is 576 g/mol. The Balaban J connectivity index is 1.49. The number of rotatable bonds is 10. The van der Waals surface area contributed by atoms with Crippen molar-refractivity contribution < 1.29 is 38.7 Å². The molecule has 1 unspecified atom stereocenters. The quantitative estimate of drug-likeness (QED) is 0.401. The Kier molecular flexibility index (Phi) is 8.18. The Bertz CT molecular complexity index is 1180. The van der Waals surface area contributed by atoms with Crippen LogP contribution in [0.5, 0.6) is 11.5 Å². The molecule has 5 rings (SSSR count). The molecule has 3 aliphatic heterocycles. The molecule has 10 heteroatoms. The number of fused-ring (bicyclic) bond motifs is 3. The molecule has 4 aliphatic rings. The van der Waals surface area contributed by atoms with Crippen molar-refractivity contribution >= 4 is 22.8 Å². The van der Waals surface area contributed by atoms with E-state index in [4.69, 9.17) is 18.9 Å². The maximum atomic E-state index is 13.9. The van der Waals surface area contributed by atoms with Crippen LogP contribution in [0.25, 0.3) is 0 Å². The van der Waals surface area contributed by atoms with Crippen LogP contribution in [-0.2, 0) is 25.5 Å². The van der Waals surface area contributed by atoms with Crippen molar-refractivity contribution in [3.63, 3.8) is 0 Å². The molecule has 9 nitrogen and oxygen atoms in total. The number of methoxy groups -OCH3 is 1. The van der Waals surface area contributed by atoms with E-state index in [1.807, 2.05) is 19.1 Å². The summed E-state index contributed by atoms with van der Waals surface area (Å²) in [7, 11) is 1.57. The molecule has 4 atom stereocenters. The van der Waals surface area contributed by atoms with E-state index >= 15 is 0 Å². The molecular weight excluding hydrogens is 534 g/mol. The van der Waals surface area contributed by atoms with Crippen molar-refractivity contribution in [1.29, 1.82) is 0 Å². The van der Waals surface area contributed by atoms with E-state index in [0.717, 1.165) is 61.0 Å². The normalized spacial score (nSPS) is 26.7. The lowest BCUT2D eigenvalue weighted by Gasteiger charge is -2.39. The summed E-state index contributed by atoms with van der Waals surface area (Å²) in [6, 6.07) is 4.04. The predicted octanol–water partition coefficient (Wildman–Crippen LogP) is 3.69. The van der Waals surface area contributed by atoms with E-state index in [-0.39, 0.29) is 30.7 Å².